The minimum Gasteiger partial charge on any atom is -0.480 e. The van der Waals surface area contributed by atoms with Gasteiger partial charge in [0.25, 0.3) is 0 Å². The molecular formula is C13H18ClNO2. The number of hydrogen-bond donors (Lipinski definition) is 2. The van der Waals surface area contributed by atoms with Crippen LogP contribution in [0.4, 0.5) is 0 Å². The molecule has 0 aromatic heterocycles. The van der Waals surface area contributed by atoms with Crippen molar-refractivity contribution >= 4 is 17.6 Å². The van der Waals surface area contributed by atoms with Gasteiger partial charge in [-0.15, -0.1) is 0 Å². The average Bonchev–Trinajstić information content (AvgIpc) is 2.24. The van der Waals surface area contributed by atoms with Crippen molar-refractivity contribution in [2.45, 2.75) is 32.9 Å². The van der Waals surface area contributed by atoms with E-state index in [4.69, 9.17) is 16.7 Å². The lowest BCUT2D eigenvalue weighted by Crippen LogP contribution is -2.42. The Morgan fingerprint density at radius 3 is 2.47 bits per heavy atom. The predicted octanol–water partition coefficient (Wildman–Crippen LogP) is 3.10. The van der Waals surface area contributed by atoms with Gasteiger partial charge in [0.15, 0.2) is 0 Å². The van der Waals surface area contributed by atoms with E-state index < -0.39 is 12.0 Å². The minimum atomic E-state index is -0.825. The van der Waals surface area contributed by atoms with Crippen LogP contribution in [0.2, 0.25) is 5.02 Å². The maximum Gasteiger partial charge on any atom is 0.320 e. The van der Waals surface area contributed by atoms with E-state index in [1.165, 1.54) is 0 Å². The molecule has 0 radical (unpaired) electrons. The molecule has 1 aromatic carbocycles. The Hall–Kier alpha value is -1.06. The number of rotatable bonds is 5. The van der Waals surface area contributed by atoms with Gasteiger partial charge in [0.2, 0.25) is 0 Å². The first-order valence-electron chi connectivity index (χ1n) is 5.66. The fourth-order valence-corrected chi connectivity index (χ4v) is 1.89. The number of hydrogen-bond acceptors (Lipinski definition) is 2. The molecule has 1 aromatic rings. The molecule has 0 fully saturated rings. The van der Waals surface area contributed by atoms with E-state index in [-0.39, 0.29) is 12.0 Å². The lowest BCUT2D eigenvalue weighted by Gasteiger charge is -2.23. The highest BCUT2D eigenvalue weighted by atomic mass is 35.5. The maximum absolute atomic E-state index is 11.1. The van der Waals surface area contributed by atoms with Crippen LogP contribution >= 0.6 is 11.6 Å². The van der Waals surface area contributed by atoms with Crippen molar-refractivity contribution in [2.75, 3.05) is 0 Å². The largest absolute Gasteiger partial charge is 0.480 e. The van der Waals surface area contributed by atoms with Gasteiger partial charge in [0, 0.05) is 11.1 Å². The molecule has 0 aliphatic heterocycles. The van der Waals surface area contributed by atoms with Gasteiger partial charge in [-0.2, -0.15) is 0 Å². The van der Waals surface area contributed by atoms with Gasteiger partial charge in [0.1, 0.15) is 6.04 Å². The molecule has 0 spiro atoms. The maximum atomic E-state index is 11.1. The zero-order valence-electron chi connectivity index (χ0n) is 10.3. The van der Waals surface area contributed by atoms with E-state index in [1.807, 2.05) is 39.0 Å². The summed E-state index contributed by atoms with van der Waals surface area (Å²) in [6.45, 7) is 5.71. The molecule has 0 heterocycles. The third kappa shape index (κ3) is 4.02. The van der Waals surface area contributed by atoms with Crippen molar-refractivity contribution in [3.05, 3.63) is 34.9 Å². The van der Waals surface area contributed by atoms with Crippen LogP contribution in [0.5, 0.6) is 0 Å². The Labute approximate surface area is 107 Å². The normalized spacial score (nSPS) is 14.6. The molecule has 2 atom stereocenters. The summed E-state index contributed by atoms with van der Waals surface area (Å²) in [5, 5.41) is 12.9. The topological polar surface area (TPSA) is 49.3 Å². The fourth-order valence-electron chi connectivity index (χ4n) is 1.69. The quantitative estimate of drug-likeness (QED) is 0.850. The number of carbonyl (C=O) groups is 1. The smallest absolute Gasteiger partial charge is 0.320 e. The molecular weight excluding hydrogens is 238 g/mol. The minimum absolute atomic E-state index is 0.0362. The van der Waals surface area contributed by atoms with Crippen LogP contribution in [-0.4, -0.2) is 17.1 Å². The van der Waals surface area contributed by atoms with E-state index >= 15 is 0 Å². The lowest BCUT2D eigenvalue weighted by molar-refractivity contribution is -0.140. The Kier molecular flexibility index (Phi) is 4.97. The second-order valence-electron chi connectivity index (χ2n) is 4.50. The van der Waals surface area contributed by atoms with Gasteiger partial charge >= 0.3 is 5.97 Å². The third-order valence-corrected chi connectivity index (χ3v) is 2.95. The summed E-state index contributed by atoms with van der Waals surface area (Å²) in [6.07, 6.45) is 0. The Bertz CT molecular complexity index is 393. The third-order valence-electron chi connectivity index (χ3n) is 2.71. The standard InChI is InChI=1S/C13H18ClNO2/c1-8(2)12(13(16)17)15-9(3)10-5-4-6-11(14)7-10/h4-9,12,15H,1-3H3,(H,16,17). The highest BCUT2D eigenvalue weighted by Crippen LogP contribution is 2.19. The SMILES string of the molecule is CC(NC(C(=O)O)C(C)C)c1cccc(Cl)c1. The lowest BCUT2D eigenvalue weighted by atomic mass is 10.0. The molecule has 0 amide bonds. The monoisotopic (exact) mass is 255 g/mol. The average molecular weight is 256 g/mol. The molecule has 0 saturated carbocycles. The van der Waals surface area contributed by atoms with E-state index in [0.717, 1.165) is 5.56 Å². The molecule has 4 heteroatoms. The first-order chi connectivity index (χ1) is 7.91. The molecule has 3 nitrogen and oxygen atoms in total. The van der Waals surface area contributed by atoms with E-state index in [9.17, 15) is 4.79 Å². The second kappa shape index (κ2) is 6.03. The molecule has 17 heavy (non-hydrogen) atoms. The van der Waals surface area contributed by atoms with E-state index in [2.05, 4.69) is 5.32 Å². The number of halogens is 1. The van der Waals surface area contributed by atoms with Gasteiger partial charge in [-0.05, 0) is 30.5 Å². The Morgan fingerprint density at radius 2 is 2.00 bits per heavy atom. The van der Waals surface area contributed by atoms with Gasteiger partial charge in [0.05, 0.1) is 0 Å². The molecule has 0 aliphatic rings. The summed E-state index contributed by atoms with van der Waals surface area (Å²) < 4.78 is 0. The highest BCUT2D eigenvalue weighted by Gasteiger charge is 2.23. The first-order valence-corrected chi connectivity index (χ1v) is 6.04. The summed E-state index contributed by atoms with van der Waals surface area (Å²) in [7, 11) is 0. The van der Waals surface area contributed by atoms with Gasteiger partial charge in [-0.1, -0.05) is 37.6 Å². The summed E-state index contributed by atoms with van der Waals surface area (Å²) in [5.74, 6) is -0.789. The number of nitrogens with one attached hydrogen (secondary N) is 1. The van der Waals surface area contributed by atoms with Gasteiger partial charge < -0.3 is 5.11 Å². The summed E-state index contributed by atoms with van der Waals surface area (Å²) in [4.78, 5) is 11.1. The van der Waals surface area contributed by atoms with Crippen LogP contribution in [0.15, 0.2) is 24.3 Å². The van der Waals surface area contributed by atoms with Crippen LogP contribution in [0.3, 0.4) is 0 Å². The fraction of sp³-hybridized carbons (Fsp3) is 0.462. The molecule has 2 N–H and O–H groups in total. The zero-order chi connectivity index (χ0) is 13.0. The summed E-state index contributed by atoms with van der Waals surface area (Å²) in [5.41, 5.74) is 0.990. The number of carboxylic acids is 1. The summed E-state index contributed by atoms with van der Waals surface area (Å²) in [6, 6.07) is 6.85. The molecule has 1 rings (SSSR count). The van der Waals surface area contributed by atoms with E-state index in [1.54, 1.807) is 6.07 Å². The van der Waals surface area contributed by atoms with Gasteiger partial charge in [-0.25, -0.2) is 0 Å². The van der Waals surface area contributed by atoms with Crippen molar-refractivity contribution in [2.24, 2.45) is 5.92 Å². The Morgan fingerprint density at radius 1 is 1.35 bits per heavy atom. The van der Waals surface area contributed by atoms with Crippen LogP contribution in [0.1, 0.15) is 32.4 Å². The predicted molar refractivity (Wildman–Crippen MR) is 69.3 cm³/mol. The summed E-state index contributed by atoms with van der Waals surface area (Å²) >= 11 is 5.91. The molecule has 2 unspecified atom stereocenters. The molecule has 0 aliphatic carbocycles. The molecule has 0 saturated heterocycles. The molecule has 94 valence electrons. The van der Waals surface area contributed by atoms with Crippen molar-refractivity contribution in [1.29, 1.82) is 0 Å². The van der Waals surface area contributed by atoms with Crippen molar-refractivity contribution < 1.29 is 9.90 Å². The second-order valence-corrected chi connectivity index (χ2v) is 4.94. The van der Waals surface area contributed by atoms with Gasteiger partial charge in [-0.3, -0.25) is 10.1 Å². The van der Waals surface area contributed by atoms with Crippen LogP contribution in [0.25, 0.3) is 0 Å². The molecule has 0 bridgehead atoms. The highest BCUT2D eigenvalue weighted by molar-refractivity contribution is 6.30. The van der Waals surface area contributed by atoms with Crippen molar-refractivity contribution in [3.8, 4) is 0 Å². The van der Waals surface area contributed by atoms with Crippen LogP contribution in [0, 0.1) is 5.92 Å². The van der Waals surface area contributed by atoms with E-state index in [0.29, 0.717) is 5.02 Å². The number of aliphatic carboxylic acids is 1. The van der Waals surface area contributed by atoms with Crippen molar-refractivity contribution in [3.63, 3.8) is 0 Å². The number of carboxylic acid groups (broad SMARTS) is 1. The Balaban J connectivity index is 2.77. The van der Waals surface area contributed by atoms with Crippen LogP contribution < -0.4 is 5.32 Å². The van der Waals surface area contributed by atoms with Crippen molar-refractivity contribution in [1.82, 2.24) is 5.32 Å². The number of benzene rings is 1. The zero-order valence-corrected chi connectivity index (χ0v) is 11.0. The first kappa shape index (κ1) is 14.0. The van der Waals surface area contributed by atoms with Crippen LogP contribution in [-0.2, 0) is 4.79 Å².